The molecule has 1 heterocycles. The fraction of sp³-hybridized carbons (Fsp3) is 0.471. The van der Waals surface area contributed by atoms with Crippen LogP contribution in [0.25, 0.3) is 11.3 Å². The zero-order valence-corrected chi connectivity index (χ0v) is 12.8. The Hall–Kier alpha value is -1.61. The summed E-state index contributed by atoms with van der Waals surface area (Å²) in [6.45, 7) is 7.25. The van der Waals surface area contributed by atoms with Gasteiger partial charge in [-0.15, -0.1) is 0 Å². The number of aromatic amines is 1. The Balaban J connectivity index is 2.13. The van der Waals surface area contributed by atoms with Gasteiger partial charge in [0, 0.05) is 12.0 Å². The number of rotatable bonds is 6. The minimum atomic E-state index is 0.783. The van der Waals surface area contributed by atoms with Crippen LogP contribution in [-0.2, 0) is 6.42 Å². The lowest BCUT2D eigenvalue weighted by atomic mass is 9.98. The number of aryl methyl sites for hydroxylation is 4. The predicted octanol–water partition coefficient (Wildman–Crippen LogP) is 3.67. The zero-order valence-electron chi connectivity index (χ0n) is 12.8. The SMILES string of the molecule is Cc1cc(C)c(-c2cnc(CCCCCN)[nH]2)c(C)c1. The van der Waals surface area contributed by atoms with Crippen LogP contribution in [0.2, 0.25) is 0 Å². The van der Waals surface area contributed by atoms with E-state index in [1.165, 1.54) is 28.7 Å². The summed E-state index contributed by atoms with van der Waals surface area (Å²) in [5, 5.41) is 0. The smallest absolute Gasteiger partial charge is 0.106 e. The van der Waals surface area contributed by atoms with Gasteiger partial charge in [-0.1, -0.05) is 24.1 Å². The second kappa shape index (κ2) is 6.71. The molecule has 0 bridgehead atoms. The van der Waals surface area contributed by atoms with Gasteiger partial charge in [-0.05, 0) is 51.3 Å². The Morgan fingerprint density at radius 1 is 1.05 bits per heavy atom. The number of H-pyrrole nitrogens is 1. The van der Waals surface area contributed by atoms with Crippen molar-refractivity contribution in [3.05, 3.63) is 40.8 Å². The first-order valence-corrected chi connectivity index (χ1v) is 7.44. The molecule has 1 aromatic heterocycles. The van der Waals surface area contributed by atoms with Crippen molar-refractivity contribution in [1.29, 1.82) is 0 Å². The van der Waals surface area contributed by atoms with E-state index in [0.717, 1.165) is 37.3 Å². The molecule has 3 N–H and O–H groups in total. The molecule has 2 rings (SSSR count). The maximum Gasteiger partial charge on any atom is 0.106 e. The number of benzene rings is 1. The first-order chi connectivity index (χ1) is 9.61. The van der Waals surface area contributed by atoms with E-state index < -0.39 is 0 Å². The highest BCUT2D eigenvalue weighted by atomic mass is 14.9. The number of aromatic nitrogens is 2. The number of unbranched alkanes of at least 4 members (excludes halogenated alkanes) is 2. The second-order valence-corrected chi connectivity index (χ2v) is 5.62. The normalized spacial score (nSPS) is 11.0. The van der Waals surface area contributed by atoms with Crippen LogP contribution in [0, 0.1) is 20.8 Å². The predicted molar refractivity (Wildman–Crippen MR) is 84.8 cm³/mol. The largest absolute Gasteiger partial charge is 0.342 e. The average Bonchev–Trinajstić information content (AvgIpc) is 2.82. The molecule has 0 saturated carbocycles. The van der Waals surface area contributed by atoms with Gasteiger partial charge in [-0.2, -0.15) is 0 Å². The highest BCUT2D eigenvalue weighted by Crippen LogP contribution is 2.27. The Bertz CT molecular complexity index is 546. The summed E-state index contributed by atoms with van der Waals surface area (Å²) in [6.07, 6.45) is 6.39. The van der Waals surface area contributed by atoms with Gasteiger partial charge in [0.05, 0.1) is 11.9 Å². The minimum absolute atomic E-state index is 0.783. The van der Waals surface area contributed by atoms with Gasteiger partial charge in [0.15, 0.2) is 0 Å². The fourth-order valence-corrected chi connectivity index (χ4v) is 2.83. The number of imidazole rings is 1. The molecule has 0 amide bonds. The van der Waals surface area contributed by atoms with Crippen molar-refractivity contribution in [2.24, 2.45) is 5.73 Å². The lowest BCUT2D eigenvalue weighted by Crippen LogP contribution is -1.98. The number of hydrogen-bond donors (Lipinski definition) is 2. The standard InChI is InChI=1S/C17H25N3/c1-12-9-13(2)17(14(3)10-12)15-11-19-16(20-15)7-5-4-6-8-18/h9-11H,4-8,18H2,1-3H3,(H,19,20). The summed E-state index contributed by atoms with van der Waals surface area (Å²) < 4.78 is 0. The van der Waals surface area contributed by atoms with Crippen LogP contribution in [0.5, 0.6) is 0 Å². The van der Waals surface area contributed by atoms with E-state index in [-0.39, 0.29) is 0 Å². The molecule has 108 valence electrons. The van der Waals surface area contributed by atoms with Crippen molar-refractivity contribution >= 4 is 0 Å². The monoisotopic (exact) mass is 271 g/mol. The Morgan fingerprint density at radius 3 is 2.40 bits per heavy atom. The highest BCUT2D eigenvalue weighted by molar-refractivity contribution is 5.67. The van der Waals surface area contributed by atoms with E-state index in [9.17, 15) is 0 Å². The number of nitrogens with zero attached hydrogens (tertiary/aromatic N) is 1. The van der Waals surface area contributed by atoms with E-state index >= 15 is 0 Å². The van der Waals surface area contributed by atoms with Gasteiger partial charge in [0.1, 0.15) is 5.82 Å². The molecular weight excluding hydrogens is 246 g/mol. The Morgan fingerprint density at radius 2 is 1.75 bits per heavy atom. The molecule has 0 aliphatic heterocycles. The highest BCUT2D eigenvalue weighted by Gasteiger charge is 2.09. The van der Waals surface area contributed by atoms with E-state index in [2.05, 4.69) is 42.9 Å². The molecule has 0 unspecified atom stereocenters. The van der Waals surface area contributed by atoms with E-state index in [1.807, 2.05) is 6.20 Å². The molecule has 0 spiro atoms. The number of hydrogen-bond acceptors (Lipinski definition) is 2. The Kier molecular flexibility index (Phi) is 4.96. The summed E-state index contributed by atoms with van der Waals surface area (Å²) in [5.74, 6) is 1.08. The van der Waals surface area contributed by atoms with Crippen molar-refractivity contribution in [2.45, 2.75) is 46.5 Å². The summed E-state index contributed by atoms with van der Waals surface area (Å²) in [5.41, 5.74) is 11.9. The van der Waals surface area contributed by atoms with Crippen molar-refractivity contribution in [3.8, 4) is 11.3 Å². The van der Waals surface area contributed by atoms with Crippen LogP contribution < -0.4 is 5.73 Å². The summed E-state index contributed by atoms with van der Waals surface area (Å²) in [4.78, 5) is 7.97. The van der Waals surface area contributed by atoms with Gasteiger partial charge in [0.2, 0.25) is 0 Å². The summed E-state index contributed by atoms with van der Waals surface area (Å²) in [7, 11) is 0. The van der Waals surface area contributed by atoms with E-state index in [0.29, 0.717) is 0 Å². The lowest BCUT2D eigenvalue weighted by Gasteiger charge is -2.09. The van der Waals surface area contributed by atoms with Gasteiger partial charge >= 0.3 is 0 Å². The quantitative estimate of drug-likeness (QED) is 0.788. The first-order valence-electron chi connectivity index (χ1n) is 7.44. The van der Waals surface area contributed by atoms with Crippen LogP contribution in [0.1, 0.15) is 41.8 Å². The van der Waals surface area contributed by atoms with Crippen LogP contribution >= 0.6 is 0 Å². The lowest BCUT2D eigenvalue weighted by molar-refractivity contribution is 0.673. The molecule has 3 nitrogen and oxygen atoms in total. The molecule has 0 radical (unpaired) electrons. The Labute approximate surface area is 121 Å². The van der Waals surface area contributed by atoms with Crippen molar-refractivity contribution < 1.29 is 0 Å². The van der Waals surface area contributed by atoms with Gasteiger partial charge in [-0.25, -0.2) is 4.98 Å². The zero-order chi connectivity index (χ0) is 14.5. The molecule has 0 atom stereocenters. The van der Waals surface area contributed by atoms with E-state index in [4.69, 9.17) is 5.73 Å². The maximum absolute atomic E-state index is 5.51. The van der Waals surface area contributed by atoms with Gasteiger partial charge in [0.25, 0.3) is 0 Å². The molecule has 0 aliphatic carbocycles. The van der Waals surface area contributed by atoms with Gasteiger partial charge in [-0.3, -0.25) is 0 Å². The third-order valence-electron chi connectivity index (χ3n) is 3.69. The third-order valence-corrected chi connectivity index (χ3v) is 3.69. The van der Waals surface area contributed by atoms with Crippen molar-refractivity contribution in [2.75, 3.05) is 6.54 Å². The topological polar surface area (TPSA) is 54.7 Å². The van der Waals surface area contributed by atoms with Crippen LogP contribution in [0.4, 0.5) is 0 Å². The number of nitrogens with two attached hydrogens (primary N) is 1. The van der Waals surface area contributed by atoms with Crippen molar-refractivity contribution in [3.63, 3.8) is 0 Å². The molecule has 0 aliphatic rings. The third kappa shape index (κ3) is 3.48. The first kappa shape index (κ1) is 14.8. The van der Waals surface area contributed by atoms with Crippen LogP contribution in [0.15, 0.2) is 18.3 Å². The molecule has 20 heavy (non-hydrogen) atoms. The van der Waals surface area contributed by atoms with Crippen LogP contribution in [-0.4, -0.2) is 16.5 Å². The summed E-state index contributed by atoms with van der Waals surface area (Å²) >= 11 is 0. The number of nitrogens with one attached hydrogen (secondary N) is 1. The maximum atomic E-state index is 5.51. The molecule has 0 saturated heterocycles. The van der Waals surface area contributed by atoms with E-state index in [1.54, 1.807) is 0 Å². The summed E-state index contributed by atoms with van der Waals surface area (Å²) in [6, 6.07) is 4.45. The molecule has 0 fully saturated rings. The molecule has 1 aromatic carbocycles. The molecule has 3 heteroatoms. The van der Waals surface area contributed by atoms with Crippen molar-refractivity contribution in [1.82, 2.24) is 9.97 Å². The fourth-order valence-electron chi connectivity index (χ4n) is 2.83. The average molecular weight is 271 g/mol. The molecular formula is C17H25N3. The molecule has 2 aromatic rings. The second-order valence-electron chi connectivity index (χ2n) is 5.62. The van der Waals surface area contributed by atoms with Gasteiger partial charge < -0.3 is 10.7 Å². The van der Waals surface area contributed by atoms with Crippen LogP contribution in [0.3, 0.4) is 0 Å². The minimum Gasteiger partial charge on any atom is -0.342 e.